The number of amides is 1. The zero-order valence-electron chi connectivity index (χ0n) is 12.0. The topological polar surface area (TPSA) is 74.2 Å². The molecule has 0 aromatic heterocycles. The van der Waals surface area contributed by atoms with E-state index in [1.807, 2.05) is 30.3 Å². The van der Waals surface area contributed by atoms with E-state index in [-0.39, 0.29) is 18.5 Å². The Morgan fingerprint density at radius 1 is 1.43 bits per heavy atom. The monoisotopic (exact) mass is 289 g/mol. The number of nitrogens with zero attached hydrogens (tertiary/aromatic N) is 1. The first-order valence-corrected chi connectivity index (χ1v) is 7.11. The van der Waals surface area contributed by atoms with Crippen molar-refractivity contribution in [2.45, 2.75) is 24.9 Å². The Morgan fingerprint density at radius 2 is 2.14 bits per heavy atom. The number of hydrogen-bond donors (Lipinski definition) is 1. The normalized spacial score (nSPS) is 19.1. The molecule has 0 spiro atoms. The molecular formula is C16H21N2O3+. The van der Waals surface area contributed by atoms with Gasteiger partial charge in [-0.05, 0) is 12.8 Å². The molecule has 0 radical (unpaired) electrons. The first-order valence-electron chi connectivity index (χ1n) is 7.11. The minimum Gasteiger partial charge on any atom is -0.460 e. The lowest BCUT2D eigenvalue weighted by Crippen LogP contribution is -2.61. The molecule has 3 N–H and O–H groups in total. The third kappa shape index (κ3) is 3.49. The van der Waals surface area contributed by atoms with Crippen molar-refractivity contribution >= 4 is 11.9 Å². The summed E-state index contributed by atoms with van der Waals surface area (Å²) in [4.78, 5) is 26.2. The summed E-state index contributed by atoms with van der Waals surface area (Å²) < 4.78 is 5.07. The van der Waals surface area contributed by atoms with Gasteiger partial charge in [0.15, 0.2) is 6.04 Å². The quantitative estimate of drug-likeness (QED) is 0.640. The third-order valence-electron chi connectivity index (χ3n) is 3.65. The minimum absolute atomic E-state index is 0.126. The second kappa shape index (κ2) is 7.04. The van der Waals surface area contributed by atoms with Crippen LogP contribution < -0.4 is 5.73 Å². The molecule has 21 heavy (non-hydrogen) atoms. The van der Waals surface area contributed by atoms with Gasteiger partial charge in [0.1, 0.15) is 12.6 Å². The summed E-state index contributed by atoms with van der Waals surface area (Å²) in [6.45, 7) is 4.26. The van der Waals surface area contributed by atoms with Gasteiger partial charge in [-0.1, -0.05) is 43.0 Å². The van der Waals surface area contributed by atoms with E-state index in [2.05, 4.69) is 12.3 Å². The van der Waals surface area contributed by atoms with E-state index in [1.165, 1.54) is 6.08 Å². The maximum atomic E-state index is 12.6. The summed E-state index contributed by atoms with van der Waals surface area (Å²) in [5.41, 5.74) is 4.80. The first-order chi connectivity index (χ1) is 10.1. The molecule has 112 valence electrons. The van der Waals surface area contributed by atoms with Crippen LogP contribution in [-0.2, 0) is 14.3 Å². The van der Waals surface area contributed by atoms with E-state index >= 15 is 0 Å². The highest BCUT2D eigenvalue weighted by atomic mass is 16.5. The van der Waals surface area contributed by atoms with Crippen LogP contribution in [0.5, 0.6) is 0 Å². The largest absolute Gasteiger partial charge is 0.460 e. The van der Waals surface area contributed by atoms with Crippen molar-refractivity contribution in [2.24, 2.45) is 0 Å². The second-order valence-electron chi connectivity index (χ2n) is 5.07. The Labute approximate surface area is 124 Å². The van der Waals surface area contributed by atoms with Gasteiger partial charge in [0.05, 0.1) is 0 Å². The van der Waals surface area contributed by atoms with E-state index in [0.717, 1.165) is 12.0 Å². The van der Waals surface area contributed by atoms with Crippen LogP contribution in [0.1, 0.15) is 24.4 Å². The van der Waals surface area contributed by atoms with Gasteiger partial charge in [0.2, 0.25) is 0 Å². The van der Waals surface area contributed by atoms with Gasteiger partial charge in [-0.15, -0.1) is 0 Å². The van der Waals surface area contributed by atoms with Crippen molar-refractivity contribution < 1.29 is 20.1 Å². The summed E-state index contributed by atoms with van der Waals surface area (Å²) in [5, 5.41) is 0. The summed E-state index contributed by atoms with van der Waals surface area (Å²) in [7, 11) is 0. The lowest BCUT2D eigenvalue weighted by Gasteiger charge is -2.24. The number of quaternary nitrogens is 1. The van der Waals surface area contributed by atoms with Crippen molar-refractivity contribution in [3.63, 3.8) is 0 Å². The van der Waals surface area contributed by atoms with Gasteiger partial charge in [0.25, 0.3) is 5.91 Å². The SMILES string of the molecule is C=CCOC(=O)[C@H]1CCCN1C(=O)[C@@H]([NH3+])c1ccccc1. The van der Waals surface area contributed by atoms with Crippen molar-refractivity contribution in [2.75, 3.05) is 13.2 Å². The molecule has 1 amide bonds. The van der Waals surface area contributed by atoms with Gasteiger partial charge in [-0.25, -0.2) is 4.79 Å². The molecule has 1 aliphatic heterocycles. The molecule has 1 fully saturated rings. The predicted molar refractivity (Wildman–Crippen MR) is 78.0 cm³/mol. The van der Waals surface area contributed by atoms with Crippen molar-refractivity contribution in [3.05, 3.63) is 48.6 Å². The van der Waals surface area contributed by atoms with Crippen LogP contribution in [0.2, 0.25) is 0 Å². The van der Waals surface area contributed by atoms with Crippen LogP contribution in [0, 0.1) is 0 Å². The number of esters is 1. The molecule has 2 rings (SSSR count). The van der Waals surface area contributed by atoms with Crippen LogP contribution in [-0.4, -0.2) is 36.0 Å². The molecule has 1 aliphatic rings. The second-order valence-corrected chi connectivity index (χ2v) is 5.07. The van der Waals surface area contributed by atoms with E-state index in [0.29, 0.717) is 13.0 Å². The highest BCUT2D eigenvalue weighted by Crippen LogP contribution is 2.22. The van der Waals surface area contributed by atoms with E-state index in [1.54, 1.807) is 4.90 Å². The van der Waals surface area contributed by atoms with E-state index < -0.39 is 12.1 Å². The summed E-state index contributed by atoms with van der Waals surface area (Å²) in [5.74, 6) is -0.486. The molecule has 1 aromatic rings. The molecule has 1 heterocycles. The number of ether oxygens (including phenoxy) is 1. The number of rotatable bonds is 5. The summed E-state index contributed by atoms with van der Waals surface area (Å²) in [6.07, 6.45) is 2.97. The van der Waals surface area contributed by atoms with Gasteiger partial charge < -0.3 is 15.4 Å². The minimum atomic E-state index is -0.501. The number of carbonyl (C=O) groups is 2. The molecule has 1 saturated heterocycles. The molecule has 0 aliphatic carbocycles. The summed E-state index contributed by atoms with van der Waals surface area (Å²) >= 11 is 0. The Kier molecular flexibility index (Phi) is 5.11. The average molecular weight is 289 g/mol. The fraction of sp³-hybridized carbons (Fsp3) is 0.375. The molecule has 2 atom stereocenters. The van der Waals surface area contributed by atoms with Crippen molar-refractivity contribution in [1.29, 1.82) is 0 Å². The molecule has 0 unspecified atom stereocenters. The van der Waals surface area contributed by atoms with Crippen LogP contribution in [0.4, 0.5) is 0 Å². The maximum Gasteiger partial charge on any atom is 0.329 e. The predicted octanol–water partition coefficient (Wildman–Crippen LogP) is 0.690. The molecule has 0 saturated carbocycles. The molecular weight excluding hydrogens is 268 g/mol. The van der Waals surface area contributed by atoms with Crippen molar-refractivity contribution in [3.8, 4) is 0 Å². The highest BCUT2D eigenvalue weighted by molar-refractivity contribution is 5.88. The zero-order chi connectivity index (χ0) is 15.2. The zero-order valence-corrected chi connectivity index (χ0v) is 12.0. The number of likely N-dealkylation sites (tertiary alicyclic amines) is 1. The molecule has 1 aromatic carbocycles. The van der Waals surface area contributed by atoms with Gasteiger partial charge in [0, 0.05) is 12.1 Å². The standard InChI is InChI=1S/C16H20N2O3/c1-2-11-21-16(20)13-9-6-10-18(13)15(19)14(17)12-7-4-3-5-8-12/h2-5,7-8,13-14H,1,6,9-11,17H2/p+1/t13-,14+/m1/s1. The molecule has 5 heteroatoms. The van der Waals surface area contributed by atoms with E-state index in [4.69, 9.17) is 4.74 Å². The smallest absolute Gasteiger partial charge is 0.329 e. The van der Waals surface area contributed by atoms with Crippen molar-refractivity contribution in [1.82, 2.24) is 4.90 Å². The lowest BCUT2D eigenvalue weighted by molar-refractivity contribution is -0.411. The van der Waals surface area contributed by atoms with Crippen LogP contribution in [0.25, 0.3) is 0 Å². The van der Waals surface area contributed by atoms with Crippen LogP contribution in [0.3, 0.4) is 0 Å². The fourth-order valence-corrected chi connectivity index (χ4v) is 2.54. The molecule has 5 nitrogen and oxygen atoms in total. The summed E-state index contributed by atoms with van der Waals surface area (Å²) in [6, 6.07) is 8.39. The Balaban J connectivity index is 2.07. The number of benzene rings is 1. The van der Waals surface area contributed by atoms with Gasteiger partial charge >= 0.3 is 5.97 Å². The maximum absolute atomic E-state index is 12.6. The van der Waals surface area contributed by atoms with Crippen LogP contribution >= 0.6 is 0 Å². The van der Waals surface area contributed by atoms with Crippen LogP contribution in [0.15, 0.2) is 43.0 Å². The number of carbonyl (C=O) groups excluding carboxylic acids is 2. The molecule has 0 bridgehead atoms. The highest BCUT2D eigenvalue weighted by Gasteiger charge is 2.38. The first kappa shape index (κ1) is 15.3. The Hall–Kier alpha value is -2.14. The van der Waals surface area contributed by atoms with Gasteiger partial charge in [-0.2, -0.15) is 0 Å². The lowest BCUT2D eigenvalue weighted by atomic mass is 10.1. The van der Waals surface area contributed by atoms with Gasteiger partial charge in [-0.3, -0.25) is 4.79 Å². The van der Waals surface area contributed by atoms with E-state index in [9.17, 15) is 9.59 Å². The number of hydrogen-bond acceptors (Lipinski definition) is 3. The average Bonchev–Trinajstić information content (AvgIpc) is 3.01. The fourth-order valence-electron chi connectivity index (χ4n) is 2.54. The Morgan fingerprint density at radius 3 is 2.81 bits per heavy atom. The Bertz CT molecular complexity index is 516. The third-order valence-corrected chi connectivity index (χ3v) is 3.65.